The van der Waals surface area contributed by atoms with Crippen LogP contribution in [0, 0.1) is 0 Å². The van der Waals surface area contributed by atoms with Gasteiger partial charge in [-0.1, -0.05) is 6.42 Å². The zero-order chi connectivity index (χ0) is 8.27. The van der Waals surface area contributed by atoms with Gasteiger partial charge in [0, 0.05) is 0 Å². The minimum absolute atomic E-state index is 0.490. The second-order valence-electron chi connectivity index (χ2n) is 2.78. The predicted octanol–water partition coefficient (Wildman–Crippen LogP) is 2.26. The number of halogens is 1. The van der Waals surface area contributed by atoms with Crippen LogP contribution >= 0.6 is 0 Å². The first-order valence-corrected chi connectivity index (χ1v) is 3.82. The molecule has 2 nitrogen and oxygen atoms in total. The molecule has 0 aliphatic heterocycles. The number of rotatable bonds is 1. The van der Waals surface area contributed by atoms with E-state index in [0.717, 1.165) is 19.3 Å². The number of carbonyl (C=O) groups is 1. The summed E-state index contributed by atoms with van der Waals surface area (Å²) in [6, 6.07) is 0. The summed E-state index contributed by atoms with van der Waals surface area (Å²) >= 11 is 0. The molecule has 0 atom stereocenters. The highest BCUT2D eigenvalue weighted by atomic mass is 19.1. The maximum absolute atomic E-state index is 12.7. The van der Waals surface area contributed by atoms with Gasteiger partial charge in [0.2, 0.25) is 5.83 Å². The van der Waals surface area contributed by atoms with E-state index >= 15 is 0 Å². The number of aliphatic carboxylic acids is 1. The number of hydrogen-bond acceptors (Lipinski definition) is 1. The highest BCUT2D eigenvalue weighted by Gasteiger charge is 2.15. The molecule has 0 radical (unpaired) electrons. The van der Waals surface area contributed by atoms with E-state index < -0.39 is 11.8 Å². The van der Waals surface area contributed by atoms with Crippen LogP contribution in [0.2, 0.25) is 0 Å². The lowest BCUT2D eigenvalue weighted by atomic mass is 9.94. The lowest BCUT2D eigenvalue weighted by Gasteiger charge is -2.12. The Morgan fingerprint density at radius 3 is 2.27 bits per heavy atom. The molecule has 0 aromatic rings. The van der Waals surface area contributed by atoms with Gasteiger partial charge in [-0.25, -0.2) is 4.79 Å². The molecule has 0 heterocycles. The minimum Gasteiger partial charge on any atom is -0.476 e. The van der Waals surface area contributed by atoms with Gasteiger partial charge in [-0.15, -0.1) is 0 Å². The van der Waals surface area contributed by atoms with E-state index in [4.69, 9.17) is 5.11 Å². The SMILES string of the molecule is O=C(O)C(F)=C1CCCCC1. The third-order valence-electron chi connectivity index (χ3n) is 1.96. The van der Waals surface area contributed by atoms with E-state index in [1.165, 1.54) is 0 Å². The molecule has 3 heteroatoms. The van der Waals surface area contributed by atoms with Gasteiger partial charge in [0.15, 0.2) is 0 Å². The zero-order valence-corrected chi connectivity index (χ0v) is 6.27. The summed E-state index contributed by atoms with van der Waals surface area (Å²) in [5, 5.41) is 8.30. The Kier molecular flexibility index (Phi) is 2.63. The molecule has 1 fully saturated rings. The number of allylic oxidation sites excluding steroid dienone is 1. The molecule has 0 amide bonds. The monoisotopic (exact) mass is 158 g/mol. The van der Waals surface area contributed by atoms with Crippen LogP contribution in [-0.2, 0) is 4.79 Å². The lowest BCUT2D eigenvalue weighted by molar-refractivity contribution is -0.134. The third-order valence-corrected chi connectivity index (χ3v) is 1.96. The van der Waals surface area contributed by atoms with Crippen LogP contribution in [0.4, 0.5) is 4.39 Å². The molecule has 1 aliphatic carbocycles. The summed E-state index contributed by atoms with van der Waals surface area (Å²) < 4.78 is 12.7. The van der Waals surface area contributed by atoms with Crippen molar-refractivity contribution in [3.05, 3.63) is 11.4 Å². The van der Waals surface area contributed by atoms with Gasteiger partial charge in [0.05, 0.1) is 0 Å². The van der Waals surface area contributed by atoms with E-state index in [1.807, 2.05) is 0 Å². The van der Waals surface area contributed by atoms with Crippen molar-refractivity contribution >= 4 is 5.97 Å². The third kappa shape index (κ3) is 2.03. The molecule has 0 aromatic heterocycles. The molecular weight excluding hydrogens is 147 g/mol. The van der Waals surface area contributed by atoms with Crippen molar-refractivity contribution in [2.45, 2.75) is 32.1 Å². The van der Waals surface area contributed by atoms with Gasteiger partial charge in [0.1, 0.15) is 0 Å². The molecule has 1 saturated carbocycles. The normalized spacial score (nSPS) is 18.1. The molecule has 0 aromatic carbocycles. The van der Waals surface area contributed by atoms with E-state index in [0.29, 0.717) is 18.4 Å². The van der Waals surface area contributed by atoms with Crippen molar-refractivity contribution in [1.29, 1.82) is 0 Å². The van der Waals surface area contributed by atoms with Crippen molar-refractivity contribution < 1.29 is 14.3 Å². The number of hydrogen-bond donors (Lipinski definition) is 1. The summed E-state index contributed by atoms with van der Waals surface area (Å²) in [7, 11) is 0. The Morgan fingerprint density at radius 2 is 1.82 bits per heavy atom. The smallest absolute Gasteiger partial charge is 0.364 e. The van der Waals surface area contributed by atoms with Gasteiger partial charge in [-0.05, 0) is 31.3 Å². The van der Waals surface area contributed by atoms with Crippen molar-refractivity contribution in [2.75, 3.05) is 0 Å². The summed E-state index contributed by atoms with van der Waals surface area (Å²) in [4.78, 5) is 10.2. The molecule has 1 aliphatic rings. The maximum Gasteiger partial charge on any atom is 0.364 e. The average Bonchev–Trinajstić information content (AvgIpc) is 2.05. The lowest BCUT2D eigenvalue weighted by Crippen LogP contribution is -2.03. The van der Waals surface area contributed by atoms with Crippen molar-refractivity contribution in [3.8, 4) is 0 Å². The number of carboxylic acid groups (broad SMARTS) is 1. The van der Waals surface area contributed by atoms with Crippen LogP contribution in [0.15, 0.2) is 11.4 Å². The highest BCUT2D eigenvalue weighted by molar-refractivity contribution is 5.84. The van der Waals surface area contributed by atoms with Crippen LogP contribution in [0.25, 0.3) is 0 Å². The fraction of sp³-hybridized carbons (Fsp3) is 0.625. The van der Waals surface area contributed by atoms with E-state index in [1.54, 1.807) is 0 Å². The Morgan fingerprint density at radius 1 is 1.27 bits per heavy atom. The molecule has 0 spiro atoms. The van der Waals surface area contributed by atoms with Gasteiger partial charge < -0.3 is 5.11 Å². The molecular formula is C8H11FO2. The van der Waals surface area contributed by atoms with Gasteiger partial charge in [0.25, 0.3) is 0 Å². The summed E-state index contributed by atoms with van der Waals surface area (Å²) in [6.45, 7) is 0. The average molecular weight is 158 g/mol. The second kappa shape index (κ2) is 3.51. The van der Waals surface area contributed by atoms with Crippen LogP contribution in [0.5, 0.6) is 0 Å². The topological polar surface area (TPSA) is 37.3 Å². The molecule has 62 valence electrons. The van der Waals surface area contributed by atoms with Crippen LogP contribution in [0.3, 0.4) is 0 Å². The number of carboxylic acids is 1. The van der Waals surface area contributed by atoms with E-state index in [2.05, 4.69) is 0 Å². The Labute approximate surface area is 64.7 Å². The Bertz CT molecular complexity index is 188. The molecule has 1 N–H and O–H groups in total. The first-order valence-electron chi connectivity index (χ1n) is 3.82. The molecule has 1 rings (SSSR count). The summed E-state index contributed by atoms with van der Waals surface area (Å²) in [5.41, 5.74) is 0.490. The molecule has 0 bridgehead atoms. The molecule has 0 saturated heterocycles. The van der Waals surface area contributed by atoms with Crippen LogP contribution < -0.4 is 0 Å². The fourth-order valence-corrected chi connectivity index (χ4v) is 1.35. The predicted molar refractivity (Wildman–Crippen MR) is 38.9 cm³/mol. The Hall–Kier alpha value is -0.860. The van der Waals surface area contributed by atoms with Crippen molar-refractivity contribution in [1.82, 2.24) is 0 Å². The van der Waals surface area contributed by atoms with Crippen molar-refractivity contribution in [2.24, 2.45) is 0 Å². The van der Waals surface area contributed by atoms with Crippen LogP contribution in [0.1, 0.15) is 32.1 Å². The Balaban J connectivity index is 2.68. The van der Waals surface area contributed by atoms with E-state index in [-0.39, 0.29) is 0 Å². The largest absolute Gasteiger partial charge is 0.476 e. The maximum atomic E-state index is 12.7. The standard InChI is InChI=1S/C8H11FO2/c9-7(8(10)11)6-4-2-1-3-5-6/h1-5H2,(H,10,11). The van der Waals surface area contributed by atoms with Gasteiger partial charge in [-0.3, -0.25) is 0 Å². The molecule has 0 unspecified atom stereocenters. The minimum atomic E-state index is -1.41. The fourth-order valence-electron chi connectivity index (χ4n) is 1.35. The van der Waals surface area contributed by atoms with Crippen LogP contribution in [-0.4, -0.2) is 11.1 Å². The quantitative estimate of drug-likeness (QED) is 0.594. The first-order chi connectivity index (χ1) is 5.22. The van der Waals surface area contributed by atoms with Crippen molar-refractivity contribution in [3.63, 3.8) is 0 Å². The molecule has 11 heavy (non-hydrogen) atoms. The van der Waals surface area contributed by atoms with Gasteiger partial charge >= 0.3 is 5.97 Å². The highest BCUT2D eigenvalue weighted by Crippen LogP contribution is 2.26. The zero-order valence-electron chi connectivity index (χ0n) is 6.27. The van der Waals surface area contributed by atoms with Gasteiger partial charge in [-0.2, -0.15) is 4.39 Å². The van der Waals surface area contributed by atoms with E-state index in [9.17, 15) is 9.18 Å². The summed E-state index contributed by atoms with van der Waals surface area (Å²) in [5.74, 6) is -2.34. The second-order valence-corrected chi connectivity index (χ2v) is 2.78. The summed E-state index contributed by atoms with van der Waals surface area (Å²) in [6.07, 6.45) is 4.19. The first kappa shape index (κ1) is 8.24.